The van der Waals surface area contributed by atoms with Crippen LogP contribution >= 0.6 is 0 Å². The number of hydrogen-bond acceptors (Lipinski definition) is 4. The third-order valence-electron chi connectivity index (χ3n) is 2.99. The van der Waals surface area contributed by atoms with Gasteiger partial charge in [-0.15, -0.1) is 0 Å². The maximum atomic E-state index is 11.1. The molecule has 2 aromatic rings. The van der Waals surface area contributed by atoms with Gasteiger partial charge in [-0.1, -0.05) is 25.1 Å². The van der Waals surface area contributed by atoms with Gasteiger partial charge in [0.15, 0.2) is 0 Å². The van der Waals surface area contributed by atoms with Gasteiger partial charge in [0.05, 0.1) is 16.6 Å². The monoisotopic (exact) mass is 267 g/mol. The van der Waals surface area contributed by atoms with Gasteiger partial charge in [0, 0.05) is 11.8 Å². The van der Waals surface area contributed by atoms with Crippen LogP contribution < -0.4 is 5.32 Å². The number of nitriles is 1. The van der Waals surface area contributed by atoms with E-state index in [-0.39, 0.29) is 11.3 Å². The summed E-state index contributed by atoms with van der Waals surface area (Å²) in [6.07, 6.45) is 0.827. The van der Waals surface area contributed by atoms with Gasteiger partial charge in [-0.2, -0.15) is 5.26 Å². The van der Waals surface area contributed by atoms with Crippen molar-refractivity contribution in [2.24, 2.45) is 0 Å². The van der Waals surface area contributed by atoms with Crippen molar-refractivity contribution in [3.63, 3.8) is 0 Å². The number of nitro groups is 1. The number of anilines is 2. The Hall–Kier alpha value is -2.87. The van der Waals surface area contributed by atoms with Crippen LogP contribution in [0.25, 0.3) is 0 Å². The summed E-state index contributed by atoms with van der Waals surface area (Å²) in [5, 5.41) is 23.0. The highest BCUT2D eigenvalue weighted by Gasteiger charge is 2.15. The SMILES string of the molecule is CCc1ccccc1Nc1ccc(C#N)cc1[N+](=O)[O-]. The van der Waals surface area contributed by atoms with Gasteiger partial charge in [-0.3, -0.25) is 10.1 Å². The molecule has 0 heterocycles. The second-order valence-electron chi connectivity index (χ2n) is 4.24. The lowest BCUT2D eigenvalue weighted by atomic mass is 10.1. The molecule has 0 atom stereocenters. The average molecular weight is 267 g/mol. The summed E-state index contributed by atoms with van der Waals surface area (Å²) in [6.45, 7) is 2.02. The van der Waals surface area contributed by atoms with Crippen LogP contribution in [0.15, 0.2) is 42.5 Å². The topological polar surface area (TPSA) is 79.0 Å². The normalized spacial score (nSPS) is 9.80. The maximum absolute atomic E-state index is 11.1. The fourth-order valence-electron chi connectivity index (χ4n) is 1.95. The van der Waals surface area contributed by atoms with Gasteiger partial charge < -0.3 is 5.32 Å². The Morgan fingerprint density at radius 3 is 2.65 bits per heavy atom. The van der Waals surface area contributed by atoms with E-state index in [1.807, 2.05) is 37.3 Å². The first-order valence-corrected chi connectivity index (χ1v) is 6.19. The van der Waals surface area contributed by atoms with E-state index in [0.717, 1.165) is 17.7 Å². The van der Waals surface area contributed by atoms with Gasteiger partial charge in [0.1, 0.15) is 5.69 Å². The molecule has 0 bridgehead atoms. The molecule has 0 amide bonds. The number of hydrogen-bond donors (Lipinski definition) is 1. The van der Waals surface area contributed by atoms with E-state index in [1.165, 1.54) is 6.07 Å². The van der Waals surface area contributed by atoms with E-state index >= 15 is 0 Å². The summed E-state index contributed by atoms with van der Waals surface area (Å²) in [5.74, 6) is 0. The third-order valence-corrected chi connectivity index (χ3v) is 2.99. The van der Waals surface area contributed by atoms with E-state index in [9.17, 15) is 10.1 Å². The van der Waals surface area contributed by atoms with Crippen LogP contribution in [0, 0.1) is 21.4 Å². The van der Waals surface area contributed by atoms with E-state index < -0.39 is 4.92 Å². The minimum Gasteiger partial charge on any atom is -0.350 e. The van der Waals surface area contributed by atoms with Crippen LogP contribution in [0.5, 0.6) is 0 Å². The largest absolute Gasteiger partial charge is 0.350 e. The molecule has 0 aromatic heterocycles. The van der Waals surface area contributed by atoms with Crippen LogP contribution in [0.3, 0.4) is 0 Å². The molecule has 0 aliphatic heterocycles. The summed E-state index contributed by atoms with van der Waals surface area (Å²) in [5.41, 5.74) is 2.46. The predicted molar refractivity (Wildman–Crippen MR) is 76.9 cm³/mol. The predicted octanol–water partition coefficient (Wildman–Crippen LogP) is 3.77. The molecule has 0 saturated carbocycles. The lowest BCUT2D eigenvalue weighted by molar-refractivity contribution is -0.383. The molecular weight excluding hydrogens is 254 g/mol. The van der Waals surface area contributed by atoms with Crippen molar-refractivity contribution in [1.82, 2.24) is 0 Å². The van der Waals surface area contributed by atoms with Crippen LogP contribution in [-0.2, 0) is 6.42 Å². The molecule has 0 fully saturated rings. The van der Waals surface area contributed by atoms with Crippen LogP contribution in [0.2, 0.25) is 0 Å². The van der Waals surface area contributed by atoms with Crippen molar-refractivity contribution in [3.8, 4) is 6.07 Å². The molecule has 100 valence electrons. The standard InChI is InChI=1S/C15H13N3O2/c1-2-12-5-3-4-6-13(12)17-14-8-7-11(10-16)9-15(14)18(19)20/h3-9,17H,2H2,1H3. The highest BCUT2D eigenvalue weighted by molar-refractivity contribution is 5.72. The summed E-state index contributed by atoms with van der Waals surface area (Å²) < 4.78 is 0. The van der Waals surface area contributed by atoms with Crippen LogP contribution in [0.4, 0.5) is 17.1 Å². The molecule has 0 unspecified atom stereocenters. The Bertz CT molecular complexity index is 690. The van der Waals surface area contributed by atoms with Crippen molar-refractivity contribution < 1.29 is 4.92 Å². The molecule has 0 spiro atoms. The first-order chi connectivity index (χ1) is 9.65. The number of benzene rings is 2. The summed E-state index contributed by atoms with van der Waals surface area (Å²) >= 11 is 0. The fraction of sp³-hybridized carbons (Fsp3) is 0.133. The lowest BCUT2D eigenvalue weighted by Gasteiger charge is -2.11. The third kappa shape index (κ3) is 2.75. The van der Waals surface area contributed by atoms with E-state index in [1.54, 1.807) is 12.1 Å². The lowest BCUT2D eigenvalue weighted by Crippen LogP contribution is -1.99. The second kappa shape index (κ2) is 5.85. The summed E-state index contributed by atoms with van der Waals surface area (Å²) in [7, 11) is 0. The zero-order valence-electron chi connectivity index (χ0n) is 11.0. The van der Waals surface area contributed by atoms with Gasteiger partial charge in [0.2, 0.25) is 0 Å². The smallest absolute Gasteiger partial charge is 0.293 e. The van der Waals surface area contributed by atoms with Crippen molar-refractivity contribution in [1.29, 1.82) is 5.26 Å². The van der Waals surface area contributed by atoms with E-state index in [0.29, 0.717) is 5.69 Å². The molecule has 2 rings (SSSR count). The first-order valence-electron chi connectivity index (χ1n) is 6.19. The van der Waals surface area contributed by atoms with E-state index in [2.05, 4.69) is 5.32 Å². The van der Waals surface area contributed by atoms with Gasteiger partial charge >= 0.3 is 0 Å². The van der Waals surface area contributed by atoms with E-state index in [4.69, 9.17) is 5.26 Å². The number of nitrogens with one attached hydrogen (secondary N) is 1. The fourth-order valence-corrected chi connectivity index (χ4v) is 1.95. The molecule has 20 heavy (non-hydrogen) atoms. The number of nitro benzene ring substituents is 1. The number of para-hydroxylation sites is 1. The molecule has 0 aliphatic carbocycles. The quantitative estimate of drug-likeness (QED) is 0.675. The Kier molecular flexibility index (Phi) is 3.96. The minimum absolute atomic E-state index is 0.102. The highest BCUT2D eigenvalue weighted by Crippen LogP contribution is 2.30. The summed E-state index contributed by atoms with van der Waals surface area (Å²) in [4.78, 5) is 10.6. The first kappa shape index (κ1) is 13.6. The molecule has 2 aromatic carbocycles. The average Bonchev–Trinajstić information content (AvgIpc) is 2.48. The number of rotatable bonds is 4. The van der Waals surface area contributed by atoms with Gasteiger partial charge in [0.25, 0.3) is 5.69 Å². The van der Waals surface area contributed by atoms with Crippen LogP contribution in [-0.4, -0.2) is 4.92 Å². The molecule has 1 N–H and O–H groups in total. The van der Waals surface area contributed by atoms with Crippen LogP contribution in [0.1, 0.15) is 18.1 Å². The highest BCUT2D eigenvalue weighted by atomic mass is 16.6. The Labute approximate surface area is 116 Å². The minimum atomic E-state index is -0.488. The molecular formula is C15H13N3O2. The zero-order valence-corrected chi connectivity index (χ0v) is 11.0. The molecule has 0 aliphatic rings. The number of aryl methyl sites for hydroxylation is 1. The molecule has 5 nitrogen and oxygen atoms in total. The molecule has 0 radical (unpaired) electrons. The summed E-state index contributed by atoms with van der Waals surface area (Å²) in [6, 6.07) is 13.9. The van der Waals surface area contributed by atoms with Gasteiger partial charge in [-0.25, -0.2) is 0 Å². The van der Waals surface area contributed by atoms with Crippen molar-refractivity contribution in [2.75, 3.05) is 5.32 Å². The van der Waals surface area contributed by atoms with Crippen molar-refractivity contribution in [3.05, 3.63) is 63.7 Å². The van der Waals surface area contributed by atoms with Crippen molar-refractivity contribution in [2.45, 2.75) is 13.3 Å². The zero-order chi connectivity index (χ0) is 14.5. The van der Waals surface area contributed by atoms with Crippen molar-refractivity contribution >= 4 is 17.1 Å². The molecule has 5 heteroatoms. The Balaban J connectivity index is 2.43. The Morgan fingerprint density at radius 1 is 1.25 bits per heavy atom. The number of nitrogens with zero attached hydrogens (tertiary/aromatic N) is 2. The Morgan fingerprint density at radius 2 is 2.00 bits per heavy atom. The molecule has 0 saturated heterocycles. The second-order valence-corrected chi connectivity index (χ2v) is 4.24. The maximum Gasteiger partial charge on any atom is 0.293 e. The van der Waals surface area contributed by atoms with Gasteiger partial charge in [-0.05, 0) is 30.2 Å².